The molecule has 2 N–H and O–H groups in total. The minimum absolute atomic E-state index is 0.126. The third-order valence-corrected chi connectivity index (χ3v) is 5.48. The van der Waals surface area contributed by atoms with Crippen LogP contribution in [0.1, 0.15) is 76.3 Å². The molecule has 2 aromatic carbocycles. The molecule has 0 aromatic heterocycles. The van der Waals surface area contributed by atoms with Crippen molar-refractivity contribution in [1.82, 2.24) is 0 Å². The van der Waals surface area contributed by atoms with Crippen LogP contribution in [0.25, 0.3) is 11.1 Å². The van der Waals surface area contributed by atoms with Crippen molar-refractivity contribution in [3.63, 3.8) is 0 Å². The average molecular weight is 322 g/mol. The van der Waals surface area contributed by atoms with Crippen LogP contribution in [0.4, 0.5) is 0 Å². The van der Waals surface area contributed by atoms with Gasteiger partial charge in [0.1, 0.15) is 0 Å². The van der Waals surface area contributed by atoms with Gasteiger partial charge in [-0.3, -0.25) is 0 Å². The van der Waals surface area contributed by atoms with Crippen molar-refractivity contribution in [3.8, 4) is 11.1 Å². The molecular formula is C23H31N. The van der Waals surface area contributed by atoms with Crippen LogP contribution in [0.3, 0.4) is 0 Å². The molecular weight excluding hydrogens is 290 g/mol. The van der Waals surface area contributed by atoms with Gasteiger partial charge in [0, 0.05) is 0 Å². The number of hydrogen-bond donors (Lipinski definition) is 1. The summed E-state index contributed by atoms with van der Waals surface area (Å²) < 4.78 is 0. The Labute approximate surface area is 147 Å². The van der Waals surface area contributed by atoms with Crippen LogP contribution in [0, 0.1) is 6.92 Å². The first-order valence-electron chi connectivity index (χ1n) is 8.93. The van der Waals surface area contributed by atoms with E-state index in [9.17, 15) is 0 Å². The molecule has 0 spiro atoms. The average Bonchev–Trinajstić information content (AvgIpc) is 2.66. The van der Waals surface area contributed by atoms with E-state index in [0.29, 0.717) is 0 Å². The van der Waals surface area contributed by atoms with E-state index in [1.807, 2.05) is 0 Å². The summed E-state index contributed by atoms with van der Waals surface area (Å²) in [5.74, 6) is 0. The second-order valence-electron chi connectivity index (χ2n) is 9.68. The molecule has 2 aromatic rings. The van der Waals surface area contributed by atoms with E-state index in [0.717, 1.165) is 0 Å². The number of benzene rings is 2. The van der Waals surface area contributed by atoms with Gasteiger partial charge in [-0.2, -0.15) is 0 Å². The molecule has 0 saturated heterocycles. The summed E-state index contributed by atoms with van der Waals surface area (Å²) in [5.41, 5.74) is 15.9. The molecule has 1 aliphatic carbocycles. The first kappa shape index (κ1) is 17.2. The fourth-order valence-electron chi connectivity index (χ4n) is 3.79. The molecule has 0 bridgehead atoms. The molecule has 0 amide bonds. The molecule has 1 atom stereocenters. The second-order valence-corrected chi connectivity index (χ2v) is 9.68. The van der Waals surface area contributed by atoms with Gasteiger partial charge in [0.25, 0.3) is 0 Å². The minimum Gasteiger partial charge on any atom is -0.318 e. The molecule has 0 heterocycles. The van der Waals surface area contributed by atoms with E-state index in [4.69, 9.17) is 5.73 Å². The van der Waals surface area contributed by atoms with Gasteiger partial charge in [0.05, 0.1) is 5.54 Å². The van der Waals surface area contributed by atoms with E-state index >= 15 is 0 Å². The third kappa shape index (κ3) is 2.50. The van der Waals surface area contributed by atoms with Crippen LogP contribution in [0.5, 0.6) is 0 Å². The molecule has 0 radical (unpaired) electrons. The zero-order chi connectivity index (χ0) is 18.1. The lowest BCUT2D eigenvalue weighted by Gasteiger charge is -2.27. The maximum atomic E-state index is 6.89. The van der Waals surface area contributed by atoms with Crippen LogP contribution in [-0.2, 0) is 16.4 Å². The smallest absolute Gasteiger partial charge is 0.0649 e. The largest absolute Gasteiger partial charge is 0.318 e. The molecule has 1 aliphatic rings. The van der Waals surface area contributed by atoms with Gasteiger partial charge < -0.3 is 5.73 Å². The lowest BCUT2D eigenvalue weighted by Crippen LogP contribution is -2.32. The first-order chi connectivity index (χ1) is 10.8. The quantitative estimate of drug-likeness (QED) is 0.652. The predicted molar refractivity (Wildman–Crippen MR) is 105 cm³/mol. The SMILES string of the molecule is Cc1cc(C(C)(C)C)cc2c1-c1ccc(C(C)(C)C)cc1C2(C)N. The Bertz CT molecular complexity index is 811. The summed E-state index contributed by atoms with van der Waals surface area (Å²) in [4.78, 5) is 0. The van der Waals surface area contributed by atoms with E-state index in [-0.39, 0.29) is 10.8 Å². The number of hydrogen-bond acceptors (Lipinski definition) is 1. The highest BCUT2D eigenvalue weighted by Gasteiger charge is 2.38. The summed E-state index contributed by atoms with van der Waals surface area (Å²) in [6, 6.07) is 11.5. The molecule has 1 nitrogen and oxygen atoms in total. The Morgan fingerprint density at radius 1 is 0.792 bits per heavy atom. The Morgan fingerprint density at radius 2 is 1.33 bits per heavy atom. The van der Waals surface area contributed by atoms with Crippen molar-refractivity contribution in [2.45, 2.75) is 71.8 Å². The van der Waals surface area contributed by atoms with Gasteiger partial charge in [-0.15, -0.1) is 0 Å². The van der Waals surface area contributed by atoms with E-state index < -0.39 is 5.54 Å². The van der Waals surface area contributed by atoms with Crippen molar-refractivity contribution in [2.24, 2.45) is 5.73 Å². The fraction of sp³-hybridized carbons (Fsp3) is 0.478. The lowest BCUT2D eigenvalue weighted by molar-refractivity contribution is 0.573. The van der Waals surface area contributed by atoms with Crippen LogP contribution in [0.15, 0.2) is 30.3 Å². The molecule has 0 saturated carbocycles. The summed E-state index contributed by atoms with van der Waals surface area (Å²) >= 11 is 0. The van der Waals surface area contributed by atoms with Gasteiger partial charge in [0.2, 0.25) is 0 Å². The number of nitrogens with two attached hydrogens (primary N) is 1. The van der Waals surface area contributed by atoms with Gasteiger partial charge >= 0.3 is 0 Å². The highest BCUT2D eigenvalue weighted by atomic mass is 14.8. The Kier molecular flexibility index (Phi) is 3.56. The standard InChI is InChI=1S/C23H31N/c1-14-11-16(22(5,6)7)13-19-20(14)17-10-9-15(21(2,3)4)12-18(17)23(19,8)24/h9-13H,24H2,1-8H3. The minimum atomic E-state index is -0.433. The summed E-state index contributed by atoms with van der Waals surface area (Å²) in [7, 11) is 0. The fourth-order valence-corrected chi connectivity index (χ4v) is 3.79. The van der Waals surface area contributed by atoms with Crippen LogP contribution >= 0.6 is 0 Å². The van der Waals surface area contributed by atoms with Gasteiger partial charge in [-0.1, -0.05) is 71.9 Å². The van der Waals surface area contributed by atoms with Crippen molar-refractivity contribution >= 4 is 0 Å². The van der Waals surface area contributed by atoms with Crippen molar-refractivity contribution in [1.29, 1.82) is 0 Å². The Balaban J connectivity index is 2.29. The van der Waals surface area contributed by atoms with Crippen LogP contribution in [-0.4, -0.2) is 0 Å². The molecule has 0 fully saturated rings. The van der Waals surface area contributed by atoms with Crippen molar-refractivity contribution in [2.75, 3.05) is 0 Å². The molecule has 3 rings (SSSR count). The molecule has 24 heavy (non-hydrogen) atoms. The molecule has 0 aliphatic heterocycles. The third-order valence-electron chi connectivity index (χ3n) is 5.48. The number of aryl methyl sites for hydroxylation is 1. The summed E-state index contributed by atoms with van der Waals surface area (Å²) in [6.45, 7) is 18.0. The summed E-state index contributed by atoms with van der Waals surface area (Å²) in [5, 5.41) is 0. The summed E-state index contributed by atoms with van der Waals surface area (Å²) in [6.07, 6.45) is 0. The zero-order valence-electron chi connectivity index (χ0n) is 16.5. The Hall–Kier alpha value is -1.60. The second kappa shape index (κ2) is 4.95. The zero-order valence-corrected chi connectivity index (χ0v) is 16.5. The maximum Gasteiger partial charge on any atom is 0.0649 e. The monoisotopic (exact) mass is 321 g/mol. The van der Waals surface area contributed by atoms with Crippen LogP contribution < -0.4 is 5.73 Å². The highest BCUT2D eigenvalue weighted by Crippen LogP contribution is 2.49. The van der Waals surface area contributed by atoms with Gasteiger partial charge in [-0.05, 0) is 63.6 Å². The van der Waals surface area contributed by atoms with E-state index in [1.165, 1.54) is 38.9 Å². The van der Waals surface area contributed by atoms with E-state index in [2.05, 4.69) is 85.7 Å². The van der Waals surface area contributed by atoms with E-state index in [1.54, 1.807) is 0 Å². The predicted octanol–water partition coefficient (Wildman–Crippen LogP) is 5.79. The normalized spacial score (nSPS) is 20.0. The maximum absolute atomic E-state index is 6.89. The highest BCUT2D eigenvalue weighted by molar-refractivity contribution is 5.83. The van der Waals surface area contributed by atoms with Gasteiger partial charge in [0.15, 0.2) is 0 Å². The van der Waals surface area contributed by atoms with Crippen molar-refractivity contribution < 1.29 is 0 Å². The molecule has 1 heteroatoms. The topological polar surface area (TPSA) is 26.0 Å². The van der Waals surface area contributed by atoms with Gasteiger partial charge in [-0.25, -0.2) is 0 Å². The molecule has 1 unspecified atom stereocenters. The van der Waals surface area contributed by atoms with Crippen molar-refractivity contribution in [3.05, 3.63) is 58.1 Å². The molecule has 128 valence electrons. The Morgan fingerprint density at radius 3 is 1.88 bits per heavy atom. The number of fused-ring (bicyclic) bond motifs is 3. The van der Waals surface area contributed by atoms with Crippen LogP contribution in [0.2, 0.25) is 0 Å². The lowest BCUT2D eigenvalue weighted by atomic mass is 9.81. The number of rotatable bonds is 0. The first-order valence-corrected chi connectivity index (χ1v) is 8.93.